The van der Waals surface area contributed by atoms with Crippen LogP contribution in [0.15, 0.2) is 53.5 Å². The highest BCUT2D eigenvalue weighted by molar-refractivity contribution is 6.03. The molecular formula is C23H23N3O. The van der Waals surface area contributed by atoms with E-state index in [1.54, 1.807) is 10.9 Å². The van der Waals surface area contributed by atoms with E-state index in [-0.39, 0.29) is 5.56 Å². The molecule has 0 unspecified atom stereocenters. The number of benzene rings is 2. The van der Waals surface area contributed by atoms with Gasteiger partial charge in [0.25, 0.3) is 5.56 Å². The quantitative estimate of drug-likeness (QED) is 0.534. The van der Waals surface area contributed by atoms with Crippen molar-refractivity contribution in [1.29, 1.82) is 0 Å². The molecule has 1 aliphatic rings. The lowest BCUT2D eigenvalue weighted by molar-refractivity contribution is 0.444. The molecule has 5 rings (SSSR count). The van der Waals surface area contributed by atoms with Crippen molar-refractivity contribution in [2.45, 2.75) is 44.9 Å². The molecule has 1 saturated carbocycles. The minimum absolute atomic E-state index is 0.0447. The fourth-order valence-corrected chi connectivity index (χ4v) is 4.45. The predicted molar refractivity (Wildman–Crippen MR) is 110 cm³/mol. The van der Waals surface area contributed by atoms with Gasteiger partial charge in [-0.3, -0.25) is 14.9 Å². The first-order valence-electron chi connectivity index (χ1n) is 9.82. The fourth-order valence-electron chi connectivity index (χ4n) is 4.45. The normalized spacial score (nSPS) is 15.6. The highest BCUT2D eigenvalue weighted by Gasteiger charge is 2.18. The van der Waals surface area contributed by atoms with Crippen molar-refractivity contribution in [2.24, 2.45) is 0 Å². The summed E-state index contributed by atoms with van der Waals surface area (Å²) in [5.74, 6) is 0.628. The molecule has 2 heterocycles. The molecule has 1 fully saturated rings. The third-order valence-electron chi connectivity index (χ3n) is 5.98. The van der Waals surface area contributed by atoms with Crippen LogP contribution in [0, 0.1) is 6.92 Å². The highest BCUT2D eigenvalue weighted by Crippen LogP contribution is 2.34. The molecule has 2 aromatic heterocycles. The summed E-state index contributed by atoms with van der Waals surface area (Å²) in [4.78, 5) is 17.6. The van der Waals surface area contributed by atoms with E-state index < -0.39 is 0 Å². The largest absolute Gasteiger partial charge is 0.290 e. The maximum absolute atomic E-state index is 13.0. The third-order valence-corrected chi connectivity index (χ3v) is 5.98. The van der Waals surface area contributed by atoms with E-state index in [1.165, 1.54) is 37.7 Å². The first-order chi connectivity index (χ1) is 13.2. The van der Waals surface area contributed by atoms with Gasteiger partial charge in [-0.25, -0.2) is 4.68 Å². The van der Waals surface area contributed by atoms with Gasteiger partial charge in [0.15, 0.2) is 0 Å². The molecular weight excluding hydrogens is 334 g/mol. The molecule has 4 nitrogen and oxygen atoms in total. The van der Waals surface area contributed by atoms with Crippen molar-refractivity contribution < 1.29 is 0 Å². The third kappa shape index (κ3) is 2.67. The van der Waals surface area contributed by atoms with Crippen molar-refractivity contribution in [2.75, 3.05) is 0 Å². The number of hydrogen-bond donors (Lipinski definition) is 1. The molecule has 1 N–H and O–H groups in total. The van der Waals surface area contributed by atoms with Crippen LogP contribution in [-0.2, 0) is 0 Å². The summed E-state index contributed by atoms with van der Waals surface area (Å²) in [6.07, 6.45) is 8.19. The number of aromatic amines is 1. The lowest BCUT2D eigenvalue weighted by Crippen LogP contribution is -2.15. The van der Waals surface area contributed by atoms with Gasteiger partial charge in [-0.05, 0) is 55.0 Å². The Morgan fingerprint density at radius 3 is 2.67 bits per heavy atom. The summed E-state index contributed by atoms with van der Waals surface area (Å²) in [6, 6.07) is 14.5. The zero-order valence-electron chi connectivity index (χ0n) is 15.5. The summed E-state index contributed by atoms with van der Waals surface area (Å²) in [6.45, 7) is 2.02. The Hall–Kier alpha value is -2.88. The molecule has 0 aliphatic heterocycles. The van der Waals surface area contributed by atoms with Crippen LogP contribution in [0.3, 0.4) is 0 Å². The van der Waals surface area contributed by atoms with E-state index in [0.29, 0.717) is 11.3 Å². The molecule has 0 saturated heterocycles. The first-order valence-corrected chi connectivity index (χ1v) is 9.82. The van der Waals surface area contributed by atoms with Gasteiger partial charge in [-0.1, -0.05) is 43.5 Å². The average Bonchev–Trinajstić information content (AvgIpc) is 3.05. The van der Waals surface area contributed by atoms with Gasteiger partial charge in [-0.2, -0.15) is 0 Å². The number of aryl methyl sites for hydroxylation is 1. The minimum atomic E-state index is -0.0447. The number of hydrogen-bond acceptors (Lipinski definition) is 2. The molecule has 0 amide bonds. The number of para-hydroxylation sites is 1. The highest BCUT2D eigenvalue weighted by atomic mass is 16.1. The van der Waals surface area contributed by atoms with Crippen LogP contribution in [-0.4, -0.2) is 14.8 Å². The Morgan fingerprint density at radius 1 is 1.04 bits per heavy atom. The number of nitrogens with one attached hydrogen (secondary N) is 1. The molecule has 0 radical (unpaired) electrons. The summed E-state index contributed by atoms with van der Waals surface area (Å²) in [7, 11) is 0. The van der Waals surface area contributed by atoms with Crippen LogP contribution in [0.25, 0.3) is 27.5 Å². The monoisotopic (exact) mass is 357 g/mol. The number of nitrogens with zero attached hydrogens (tertiary/aromatic N) is 2. The van der Waals surface area contributed by atoms with Gasteiger partial charge >= 0.3 is 0 Å². The lowest BCUT2D eigenvalue weighted by Gasteiger charge is -2.22. The second-order valence-electron chi connectivity index (χ2n) is 7.70. The maximum Gasteiger partial charge on any atom is 0.280 e. The number of pyridine rings is 1. The van der Waals surface area contributed by atoms with Gasteiger partial charge < -0.3 is 0 Å². The van der Waals surface area contributed by atoms with Gasteiger partial charge in [0, 0.05) is 11.6 Å². The summed E-state index contributed by atoms with van der Waals surface area (Å²) < 4.78 is 1.65. The number of fused-ring (bicyclic) bond motifs is 3. The van der Waals surface area contributed by atoms with E-state index in [0.717, 1.165) is 27.7 Å². The second kappa shape index (κ2) is 6.38. The van der Waals surface area contributed by atoms with Crippen LogP contribution < -0.4 is 5.56 Å². The predicted octanol–water partition coefficient (Wildman–Crippen LogP) is 5.22. The Morgan fingerprint density at radius 2 is 1.85 bits per heavy atom. The Bertz CT molecular complexity index is 1200. The molecule has 4 heteroatoms. The van der Waals surface area contributed by atoms with Crippen LogP contribution in [0.1, 0.15) is 49.1 Å². The van der Waals surface area contributed by atoms with Crippen molar-refractivity contribution in [3.8, 4) is 5.69 Å². The Kier molecular flexibility index (Phi) is 3.85. The van der Waals surface area contributed by atoms with Gasteiger partial charge in [0.2, 0.25) is 0 Å². The van der Waals surface area contributed by atoms with Crippen molar-refractivity contribution >= 4 is 21.8 Å². The molecule has 0 atom stereocenters. The fraction of sp³-hybridized carbons (Fsp3) is 0.304. The topological polar surface area (TPSA) is 50.7 Å². The number of aromatic nitrogens is 3. The Labute approximate surface area is 157 Å². The van der Waals surface area contributed by atoms with Crippen molar-refractivity contribution in [3.63, 3.8) is 0 Å². The zero-order valence-corrected chi connectivity index (χ0v) is 15.5. The van der Waals surface area contributed by atoms with Crippen LogP contribution in [0.5, 0.6) is 0 Å². The van der Waals surface area contributed by atoms with E-state index in [9.17, 15) is 4.79 Å². The summed E-state index contributed by atoms with van der Waals surface area (Å²) in [5.41, 5.74) is 5.09. The van der Waals surface area contributed by atoms with Crippen LogP contribution in [0.2, 0.25) is 0 Å². The molecule has 0 spiro atoms. The van der Waals surface area contributed by atoms with Crippen molar-refractivity contribution in [1.82, 2.24) is 14.8 Å². The first kappa shape index (κ1) is 16.3. The minimum Gasteiger partial charge on any atom is -0.290 e. The molecule has 4 aromatic rings. The SMILES string of the molecule is Cc1ccccc1-n1[nH]c2c(cnc3ccc(C4CCCCC4)cc32)c1=O. The molecule has 1 aliphatic carbocycles. The van der Waals surface area contributed by atoms with Crippen LogP contribution >= 0.6 is 0 Å². The molecule has 27 heavy (non-hydrogen) atoms. The van der Waals surface area contributed by atoms with E-state index >= 15 is 0 Å². The van der Waals surface area contributed by atoms with Gasteiger partial charge in [0.1, 0.15) is 0 Å². The average molecular weight is 357 g/mol. The number of H-pyrrole nitrogens is 1. The molecule has 0 bridgehead atoms. The van der Waals surface area contributed by atoms with Gasteiger partial charge in [-0.15, -0.1) is 0 Å². The summed E-state index contributed by atoms with van der Waals surface area (Å²) >= 11 is 0. The number of rotatable bonds is 2. The van der Waals surface area contributed by atoms with E-state index in [2.05, 4.69) is 28.3 Å². The second-order valence-corrected chi connectivity index (χ2v) is 7.70. The zero-order chi connectivity index (χ0) is 18.4. The van der Waals surface area contributed by atoms with E-state index in [1.807, 2.05) is 31.2 Å². The summed E-state index contributed by atoms with van der Waals surface area (Å²) in [5, 5.41) is 5.04. The molecule has 136 valence electrons. The molecule has 2 aromatic carbocycles. The lowest BCUT2D eigenvalue weighted by atomic mass is 9.83. The smallest absolute Gasteiger partial charge is 0.280 e. The van der Waals surface area contributed by atoms with Gasteiger partial charge in [0.05, 0.1) is 22.1 Å². The maximum atomic E-state index is 13.0. The van der Waals surface area contributed by atoms with E-state index in [4.69, 9.17) is 0 Å². The van der Waals surface area contributed by atoms with Crippen molar-refractivity contribution in [3.05, 3.63) is 70.1 Å². The van der Waals surface area contributed by atoms with Crippen LogP contribution in [0.4, 0.5) is 0 Å². The standard InChI is InChI=1S/C23H23N3O/c1-15-7-5-6-10-21(15)26-23(27)19-14-24-20-12-11-17(13-18(20)22(19)25-26)16-8-3-2-4-9-16/h5-7,10-14,16,25H,2-4,8-9H2,1H3. The Balaban J connectivity index is 1.73.